The lowest BCUT2D eigenvalue weighted by Crippen LogP contribution is -2.40. The number of carbonyl (C=O) groups is 1. The molecule has 1 fully saturated rings. The van der Waals surface area contributed by atoms with Crippen LogP contribution in [0.5, 0.6) is 0 Å². The molecule has 0 spiro atoms. The highest BCUT2D eigenvalue weighted by atomic mass is 16.5. The first-order valence-electron chi connectivity index (χ1n) is 6.71. The molecule has 0 amide bonds. The molecule has 1 saturated heterocycles. The van der Waals surface area contributed by atoms with Gasteiger partial charge in [-0.15, -0.1) is 0 Å². The summed E-state index contributed by atoms with van der Waals surface area (Å²) in [5.41, 5.74) is -0.0498. The summed E-state index contributed by atoms with van der Waals surface area (Å²) in [6.45, 7) is 2.47. The average Bonchev–Trinajstić information content (AvgIpc) is 2.62. The third-order valence-corrected chi connectivity index (χ3v) is 3.72. The van der Waals surface area contributed by atoms with Crippen molar-refractivity contribution in [3.8, 4) is 0 Å². The number of carbonyl (C=O) groups excluding carboxylic acids is 1. The van der Waals surface area contributed by atoms with Crippen LogP contribution in [0.3, 0.4) is 0 Å². The van der Waals surface area contributed by atoms with Crippen LogP contribution in [0.2, 0.25) is 0 Å². The van der Waals surface area contributed by atoms with Gasteiger partial charge < -0.3 is 9.84 Å². The van der Waals surface area contributed by atoms with E-state index in [2.05, 4.69) is 17.0 Å². The van der Waals surface area contributed by atoms with Gasteiger partial charge in [-0.25, -0.2) is 4.79 Å². The number of aliphatic hydroxyl groups is 1. The maximum Gasteiger partial charge on any atom is 0.337 e. The van der Waals surface area contributed by atoms with Gasteiger partial charge >= 0.3 is 5.97 Å². The summed E-state index contributed by atoms with van der Waals surface area (Å²) in [6, 6.07) is 10.2. The van der Waals surface area contributed by atoms with Crippen LogP contribution in [0.1, 0.15) is 24.8 Å². The molecule has 1 heterocycles. The highest BCUT2D eigenvalue weighted by Gasteiger charge is 2.38. The smallest absolute Gasteiger partial charge is 0.337 e. The van der Waals surface area contributed by atoms with E-state index in [0.717, 1.165) is 19.5 Å². The minimum absolute atomic E-state index is 0.437. The Bertz CT molecular complexity index is 421. The van der Waals surface area contributed by atoms with E-state index in [9.17, 15) is 9.90 Å². The van der Waals surface area contributed by atoms with Gasteiger partial charge in [0.2, 0.25) is 0 Å². The number of benzene rings is 1. The van der Waals surface area contributed by atoms with E-state index < -0.39 is 11.6 Å². The SMILES string of the molecule is COC(=O)C1(O)CCCN(Cc2ccccc2)CC1. The van der Waals surface area contributed by atoms with Crippen LogP contribution >= 0.6 is 0 Å². The second-order valence-electron chi connectivity index (χ2n) is 5.14. The molecule has 0 radical (unpaired) electrons. The zero-order valence-electron chi connectivity index (χ0n) is 11.3. The molecule has 1 aromatic carbocycles. The first-order valence-corrected chi connectivity index (χ1v) is 6.71. The van der Waals surface area contributed by atoms with E-state index in [1.807, 2.05) is 18.2 Å². The van der Waals surface area contributed by atoms with Crippen LogP contribution in [0.15, 0.2) is 30.3 Å². The van der Waals surface area contributed by atoms with Crippen molar-refractivity contribution in [3.63, 3.8) is 0 Å². The minimum atomic E-state index is -1.31. The molecule has 104 valence electrons. The van der Waals surface area contributed by atoms with Crippen molar-refractivity contribution < 1.29 is 14.6 Å². The minimum Gasteiger partial charge on any atom is -0.467 e. The van der Waals surface area contributed by atoms with E-state index in [1.54, 1.807) is 0 Å². The Balaban J connectivity index is 1.95. The summed E-state index contributed by atoms with van der Waals surface area (Å²) in [4.78, 5) is 13.9. The number of likely N-dealkylation sites (tertiary alicyclic amines) is 1. The summed E-state index contributed by atoms with van der Waals surface area (Å²) in [7, 11) is 1.33. The van der Waals surface area contributed by atoms with Gasteiger partial charge in [0.15, 0.2) is 5.60 Å². The van der Waals surface area contributed by atoms with Gasteiger partial charge in [0.05, 0.1) is 7.11 Å². The maximum absolute atomic E-state index is 11.6. The van der Waals surface area contributed by atoms with E-state index in [0.29, 0.717) is 19.4 Å². The molecule has 0 bridgehead atoms. The van der Waals surface area contributed by atoms with Gasteiger partial charge in [0.1, 0.15) is 0 Å². The lowest BCUT2D eigenvalue weighted by molar-refractivity contribution is -0.163. The number of rotatable bonds is 3. The highest BCUT2D eigenvalue weighted by molar-refractivity contribution is 5.79. The van der Waals surface area contributed by atoms with Crippen molar-refractivity contribution in [3.05, 3.63) is 35.9 Å². The molecule has 1 atom stereocenters. The standard InChI is InChI=1S/C15H21NO3/c1-19-14(17)15(18)8-5-10-16(11-9-15)12-13-6-3-2-4-7-13/h2-4,6-7,18H,5,8-12H2,1H3. The van der Waals surface area contributed by atoms with Gasteiger partial charge in [-0.05, 0) is 31.4 Å². The van der Waals surface area contributed by atoms with E-state index in [1.165, 1.54) is 12.7 Å². The van der Waals surface area contributed by atoms with Gasteiger partial charge in [-0.1, -0.05) is 30.3 Å². The van der Waals surface area contributed by atoms with Crippen molar-refractivity contribution >= 4 is 5.97 Å². The molecule has 0 aliphatic carbocycles. The lowest BCUT2D eigenvalue weighted by atomic mass is 9.95. The molecule has 1 aliphatic rings. The van der Waals surface area contributed by atoms with Crippen LogP contribution in [-0.4, -0.2) is 41.8 Å². The molecule has 1 unspecified atom stereocenters. The number of hydrogen-bond donors (Lipinski definition) is 1. The summed E-state index contributed by atoms with van der Waals surface area (Å²) < 4.78 is 4.69. The summed E-state index contributed by atoms with van der Waals surface area (Å²) in [6.07, 6.45) is 1.72. The summed E-state index contributed by atoms with van der Waals surface area (Å²) in [5.74, 6) is -0.505. The van der Waals surface area contributed by atoms with Gasteiger partial charge in [-0.2, -0.15) is 0 Å². The zero-order valence-corrected chi connectivity index (χ0v) is 11.3. The van der Waals surface area contributed by atoms with Crippen molar-refractivity contribution in [2.45, 2.75) is 31.4 Å². The second kappa shape index (κ2) is 6.17. The van der Waals surface area contributed by atoms with Crippen LogP contribution in [-0.2, 0) is 16.1 Å². The fraction of sp³-hybridized carbons (Fsp3) is 0.533. The number of esters is 1. The van der Waals surface area contributed by atoms with E-state index in [4.69, 9.17) is 4.74 Å². The van der Waals surface area contributed by atoms with Gasteiger partial charge in [0.25, 0.3) is 0 Å². The molecule has 19 heavy (non-hydrogen) atoms. The summed E-state index contributed by atoms with van der Waals surface area (Å²) >= 11 is 0. The van der Waals surface area contributed by atoms with E-state index >= 15 is 0 Å². The van der Waals surface area contributed by atoms with Gasteiger partial charge in [0, 0.05) is 13.1 Å². The quantitative estimate of drug-likeness (QED) is 0.841. The number of methoxy groups -OCH3 is 1. The highest BCUT2D eigenvalue weighted by Crippen LogP contribution is 2.24. The predicted molar refractivity (Wildman–Crippen MR) is 72.5 cm³/mol. The Hall–Kier alpha value is -1.39. The number of nitrogens with zero attached hydrogens (tertiary/aromatic N) is 1. The molecule has 1 aromatic rings. The topological polar surface area (TPSA) is 49.8 Å². The maximum atomic E-state index is 11.6. The lowest BCUT2D eigenvalue weighted by Gasteiger charge is -2.24. The Morgan fingerprint density at radius 2 is 2.05 bits per heavy atom. The second-order valence-corrected chi connectivity index (χ2v) is 5.14. The van der Waals surface area contributed by atoms with Crippen molar-refractivity contribution in [2.24, 2.45) is 0 Å². The molecule has 1 aliphatic heterocycles. The Morgan fingerprint density at radius 3 is 2.74 bits per heavy atom. The third-order valence-electron chi connectivity index (χ3n) is 3.72. The summed E-state index contributed by atoms with van der Waals surface area (Å²) in [5, 5.41) is 10.3. The normalized spacial score (nSPS) is 24.7. The first-order chi connectivity index (χ1) is 9.14. The van der Waals surface area contributed by atoms with Crippen LogP contribution in [0, 0.1) is 0 Å². The third kappa shape index (κ3) is 3.55. The molecule has 0 aromatic heterocycles. The van der Waals surface area contributed by atoms with Crippen LogP contribution in [0.4, 0.5) is 0 Å². The molecule has 4 heteroatoms. The molecule has 2 rings (SSSR count). The molecule has 4 nitrogen and oxygen atoms in total. The number of ether oxygens (including phenoxy) is 1. The molecule has 1 N–H and O–H groups in total. The monoisotopic (exact) mass is 263 g/mol. The van der Waals surface area contributed by atoms with Crippen molar-refractivity contribution in [2.75, 3.05) is 20.2 Å². The molecule has 0 saturated carbocycles. The largest absolute Gasteiger partial charge is 0.467 e. The first kappa shape index (κ1) is 14.0. The van der Waals surface area contributed by atoms with E-state index in [-0.39, 0.29) is 0 Å². The fourth-order valence-electron chi connectivity index (χ4n) is 2.57. The fourth-order valence-corrected chi connectivity index (χ4v) is 2.57. The van der Waals surface area contributed by atoms with Crippen LogP contribution in [0.25, 0.3) is 0 Å². The Labute approximate surface area is 114 Å². The Kier molecular flexibility index (Phi) is 4.56. The van der Waals surface area contributed by atoms with Crippen molar-refractivity contribution in [1.29, 1.82) is 0 Å². The van der Waals surface area contributed by atoms with Gasteiger partial charge in [-0.3, -0.25) is 4.90 Å². The predicted octanol–water partition coefficient (Wildman–Crippen LogP) is 1.58. The Morgan fingerprint density at radius 1 is 1.32 bits per heavy atom. The molecular weight excluding hydrogens is 242 g/mol. The average molecular weight is 263 g/mol. The van der Waals surface area contributed by atoms with Crippen molar-refractivity contribution in [1.82, 2.24) is 4.90 Å². The number of hydrogen-bond acceptors (Lipinski definition) is 4. The molecular formula is C15H21NO3. The van der Waals surface area contributed by atoms with Crippen LogP contribution < -0.4 is 0 Å². The zero-order chi connectivity index (χ0) is 13.7.